The van der Waals surface area contributed by atoms with Crippen molar-refractivity contribution in [2.75, 3.05) is 19.6 Å². The molecule has 0 saturated carbocycles. The fraction of sp³-hybridized carbons (Fsp3) is 0.375. The molecule has 3 heteroatoms. The minimum atomic E-state index is 0.739. The fourth-order valence-corrected chi connectivity index (χ4v) is 4.32. The van der Waals surface area contributed by atoms with Crippen LogP contribution < -0.4 is 0 Å². The van der Waals surface area contributed by atoms with E-state index in [-0.39, 0.29) is 0 Å². The Hall–Kier alpha value is -2.57. The summed E-state index contributed by atoms with van der Waals surface area (Å²) in [5.41, 5.74) is 4.72. The summed E-state index contributed by atoms with van der Waals surface area (Å²) < 4.78 is 0. The van der Waals surface area contributed by atoms with Gasteiger partial charge in [0.25, 0.3) is 0 Å². The van der Waals surface area contributed by atoms with Gasteiger partial charge in [0.05, 0.1) is 11.6 Å². The van der Waals surface area contributed by atoms with Crippen molar-refractivity contribution in [3.8, 4) is 6.07 Å². The van der Waals surface area contributed by atoms with Crippen molar-refractivity contribution in [1.29, 1.82) is 5.26 Å². The molecule has 1 aliphatic rings. The predicted molar refractivity (Wildman–Crippen MR) is 111 cm³/mol. The van der Waals surface area contributed by atoms with Crippen LogP contribution in [0.5, 0.6) is 0 Å². The Kier molecular flexibility index (Phi) is 5.55. The summed E-state index contributed by atoms with van der Waals surface area (Å²) in [4.78, 5) is 5.96. The Morgan fingerprint density at radius 2 is 1.85 bits per heavy atom. The third-order valence-electron chi connectivity index (χ3n) is 5.93. The molecule has 3 nitrogen and oxygen atoms in total. The highest BCUT2D eigenvalue weighted by Crippen LogP contribution is 2.28. The van der Waals surface area contributed by atoms with Crippen LogP contribution >= 0.6 is 0 Å². The summed E-state index contributed by atoms with van der Waals surface area (Å²) in [6.07, 6.45) is 8.18. The Morgan fingerprint density at radius 1 is 1.04 bits per heavy atom. The van der Waals surface area contributed by atoms with Crippen LogP contribution in [0.25, 0.3) is 10.9 Å². The van der Waals surface area contributed by atoms with Gasteiger partial charge in [-0.15, -0.1) is 0 Å². The van der Waals surface area contributed by atoms with Crippen molar-refractivity contribution in [2.24, 2.45) is 0 Å². The maximum Gasteiger partial charge on any atom is 0.0991 e. The molecule has 0 radical (unpaired) electrons. The lowest BCUT2D eigenvalue weighted by molar-refractivity contribution is 0.209. The van der Waals surface area contributed by atoms with Crippen LogP contribution in [0.15, 0.2) is 54.7 Å². The molecule has 0 bridgehead atoms. The van der Waals surface area contributed by atoms with E-state index >= 15 is 0 Å². The highest BCUT2D eigenvalue weighted by atomic mass is 15.1. The number of aromatic amines is 1. The molecule has 0 amide bonds. The second-order valence-electron chi connectivity index (χ2n) is 7.67. The number of nitrogens with one attached hydrogen (secondary N) is 1. The molecule has 0 unspecified atom stereocenters. The first-order valence-corrected chi connectivity index (χ1v) is 10.1. The number of aryl methyl sites for hydroxylation is 1. The van der Waals surface area contributed by atoms with E-state index in [0.717, 1.165) is 23.4 Å². The lowest BCUT2D eigenvalue weighted by Gasteiger charge is -2.32. The molecule has 3 aromatic rings. The maximum absolute atomic E-state index is 9.11. The quantitative estimate of drug-likeness (QED) is 0.613. The lowest BCUT2D eigenvalue weighted by atomic mass is 9.89. The predicted octanol–water partition coefficient (Wildman–Crippen LogP) is 5.24. The number of nitrogens with zero attached hydrogens (tertiary/aromatic N) is 2. The number of piperidine rings is 1. The molecule has 1 saturated heterocycles. The summed E-state index contributed by atoms with van der Waals surface area (Å²) in [6, 6.07) is 19.1. The van der Waals surface area contributed by atoms with Gasteiger partial charge in [-0.3, -0.25) is 0 Å². The van der Waals surface area contributed by atoms with Crippen molar-refractivity contribution in [2.45, 2.75) is 38.0 Å². The van der Waals surface area contributed by atoms with Gasteiger partial charge in [0.1, 0.15) is 0 Å². The van der Waals surface area contributed by atoms with Crippen molar-refractivity contribution < 1.29 is 0 Å². The highest BCUT2D eigenvalue weighted by molar-refractivity contribution is 5.84. The van der Waals surface area contributed by atoms with Gasteiger partial charge < -0.3 is 9.88 Å². The largest absolute Gasteiger partial charge is 0.361 e. The molecular formula is C24H27N3. The van der Waals surface area contributed by atoms with E-state index < -0.39 is 0 Å². The van der Waals surface area contributed by atoms with Gasteiger partial charge >= 0.3 is 0 Å². The van der Waals surface area contributed by atoms with Crippen LogP contribution in [0.4, 0.5) is 0 Å². The molecule has 1 aromatic heterocycles. The molecule has 0 atom stereocenters. The van der Waals surface area contributed by atoms with Crippen LogP contribution in [0.3, 0.4) is 0 Å². The molecule has 0 aliphatic carbocycles. The standard InChI is InChI=1S/C24H27N3/c25-17-19-9-10-24-23(16-19)22(18-26-24)8-4-5-13-27-14-11-21(12-15-27)20-6-2-1-3-7-20/h1-3,6-7,9-10,16,18,21,26H,4-5,8,11-15H2. The van der Waals surface area contributed by atoms with E-state index in [1.807, 2.05) is 18.2 Å². The van der Waals surface area contributed by atoms with Crippen molar-refractivity contribution >= 4 is 10.9 Å². The van der Waals surface area contributed by atoms with Crippen molar-refractivity contribution in [3.63, 3.8) is 0 Å². The maximum atomic E-state index is 9.11. The zero-order valence-electron chi connectivity index (χ0n) is 15.8. The molecule has 2 aromatic carbocycles. The van der Waals surface area contributed by atoms with Crippen LogP contribution in [0.1, 0.15) is 48.3 Å². The summed E-state index contributed by atoms with van der Waals surface area (Å²) >= 11 is 0. The van der Waals surface area contributed by atoms with Gasteiger partial charge in [0, 0.05) is 17.1 Å². The Balaban J connectivity index is 1.23. The van der Waals surface area contributed by atoms with Gasteiger partial charge in [0.2, 0.25) is 0 Å². The van der Waals surface area contributed by atoms with Gasteiger partial charge in [-0.2, -0.15) is 5.26 Å². The smallest absolute Gasteiger partial charge is 0.0991 e. The van der Waals surface area contributed by atoms with Crippen molar-refractivity contribution in [1.82, 2.24) is 9.88 Å². The number of hydrogen-bond donors (Lipinski definition) is 1. The summed E-state index contributed by atoms with van der Waals surface area (Å²) in [7, 11) is 0. The van der Waals surface area contributed by atoms with Gasteiger partial charge in [0.15, 0.2) is 0 Å². The molecule has 1 aliphatic heterocycles. The van der Waals surface area contributed by atoms with Crippen LogP contribution in [-0.4, -0.2) is 29.5 Å². The topological polar surface area (TPSA) is 42.8 Å². The van der Waals surface area contributed by atoms with Crippen LogP contribution in [0.2, 0.25) is 0 Å². The van der Waals surface area contributed by atoms with E-state index in [9.17, 15) is 0 Å². The number of likely N-dealkylation sites (tertiary alicyclic amines) is 1. The SMILES string of the molecule is N#Cc1ccc2[nH]cc(CCCCN3CCC(c4ccccc4)CC3)c2c1. The van der Waals surface area contributed by atoms with Gasteiger partial charge in [-0.05, 0) is 87.0 Å². The van der Waals surface area contributed by atoms with Crippen molar-refractivity contribution in [3.05, 3.63) is 71.4 Å². The first-order valence-electron chi connectivity index (χ1n) is 10.1. The average Bonchev–Trinajstić information content (AvgIpc) is 3.14. The number of H-pyrrole nitrogens is 1. The molecule has 27 heavy (non-hydrogen) atoms. The minimum Gasteiger partial charge on any atom is -0.361 e. The number of hydrogen-bond acceptors (Lipinski definition) is 2. The van der Waals surface area contributed by atoms with E-state index in [1.165, 1.54) is 61.8 Å². The van der Waals surface area contributed by atoms with E-state index in [0.29, 0.717) is 0 Å². The monoisotopic (exact) mass is 357 g/mol. The fourth-order valence-electron chi connectivity index (χ4n) is 4.32. The van der Waals surface area contributed by atoms with E-state index in [1.54, 1.807) is 0 Å². The Bertz CT molecular complexity index is 912. The van der Waals surface area contributed by atoms with E-state index in [2.05, 4.69) is 52.5 Å². The summed E-state index contributed by atoms with van der Waals surface area (Å²) in [6.45, 7) is 3.64. The normalized spacial score (nSPS) is 15.8. The highest BCUT2D eigenvalue weighted by Gasteiger charge is 2.19. The molecular weight excluding hydrogens is 330 g/mol. The van der Waals surface area contributed by atoms with Gasteiger partial charge in [-0.25, -0.2) is 0 Å². The minimum absolute atomic E-state index is 0.739. The third-order valence-corrected chi connectivity index (χ3v) is 5.93. The molecule has 1 fully saturated rings. The molecule has 1 N–H and O–H groups in total. The number of fused-ring (bicyclic) bond motifs is 1. The zero-order chi connectivity index (χ0) is 18.5. The molecule has 138 valence electrons. The second kappa shape index (κ2) is 8.41. The number of nitriles is 1. The summed E-state index contributed by atoms with van der Waals surface area (Å²) in [5.74, 6) is 0.739. The number of unbranched alkanes of at least 4 members (excludes halogenated alkanes) is 1. The Labute approximate surface area is 161 Å². The second-order valence-corrected chi connectivity index (χ2v) is 7.67. The number of aromatic nitrogens is 1. The summed E-state index contributed by atoms with van der Waals surface area (Å²) in [5, 5.41) is 10.3. The number of rotatable bonds is 6. The number of benzene rings is 2. The Morgan fingerprint density at radius 3 is 2.63 bits per heavy atom. The van der Waals surface area contributed by atoms with Crippen LogP contribution in [-0.2, 0) is 6.42 Å². The zero-order valence-corrected chi connectivity index (χ0v) is 15.8. The third kappa shape index (κ3) is 4.23. The molecule has 2 heterocycles. The van der Waals surface area contributed by atoms with Gasteiger partial charge in [-0.1, -0.05) is 30.3 Å². The lowest BCUT2D eigenvalue weighted by Crippen LogP contribution is -2.33. The van der Waals surface area contributed by atoms with Crippen LogP contribution in [0, 0.1) is 11.3 Å². The average molecular weight is 358 g/mol. The molecule has 4 rings (SSSR count). The first kappa shape index (κ1) is 17.8. The van der Waals surface area contributed by atoms with E-state index in [4.69, 9.17) is 5.26 Å². The molecule has 0 spiro atoms. The first-order chi connectivity index (χ1) is 13.3.